The van der Waals surface area contributed by atoms with E-state index < -0.39 is 12.1 Å². The van der Waals surface area contributed by atoms with Crippen LogP contribution >= 0.6 is 0 Å². The first kappa shape index (κ1) is 19.2. The number of alkyl carbamates (subject to hydrolysis) is 1. The zero-order valence-electron chi connectivity index (χ0n) is 15.1. The molecule has 0 saturated heterocycles. The molecule has 1 N–H and O–H groups in total. The van der Waals surface area contributed by atoms with Crippen LogP contribution in [-0.2, 0) is 21.0 Å². The number of nitrogens with zero attached hydrogens (tertiary/aromatic N) is 1. The molecule has 25 heavy (non-hydrogen) atoms. The molecule has 6 heteroatoms. The van der Waals surface area contributed by atoms with Gasteiger partial charge in [-0.3, -0.25) is 9.63 Å². The summed E-state index contributed by atoms with van der Waals surface area (Å²) in [6, 6.07) is 8.83. The topological polar surface area (TPSA) is 67.9 Å². The maximum atomic E-state index is 12.5. The van der Waals surface area contributed by atoms with Crippen LogP contribution < -0.4 is 5.32 Å². The summed E-state index contributed by atoms with van der Waals surface area (Å²) in [5.41, 5.74) is 0.904. The van der Waals surface area contributed by atoms with Gasteiger partial charge in [0.2, 0.25) is 0 Å². The second-order valence-electron chi connectivity index (χ2n) is 6.52. The summed E-state index contributed by atoms with van der Waals surface area (Å²) in [6.07, 6.45) is 5.85. The van der Waals surface area contributed by atoms with Gasteiger partial charge in [0.1, 0.15) is 12.6 Å². The Hall–Kier alpha value is -2.08. The van der Waals surface area contributed by atoms with Crippen molar-refractivity contribution in [1.29, 1.82) is 0 Å². The lowest BCUT2D eigenvalue weighted by Crippen LogP contribution is -2.48. The molecule has 138 valence electrons. The normalized spacial score (nSPS) is 16.1. The van der Waals surface area contributed by atoms with Crippen molar-refractivity contribution in [3.05, 3.63) is 35.9 Å². The lowest BCUT2D eigenvalue weighted by atomic mass is 9.84. The number of carbonyl (C=O) groups is 2. The van der Waals surface area contributed by atoms with Crippen molar-refractivity contribution in [2.45, 2.75) is 51.2 Å². The first-order valence-corrected chi connectivity index (χ1v) is 8.89. The van der Waals surface area contributed by atoms with Crippen LogP contribution in [0.1, 0.15) is 44.1 Å². The van der Waals surface area contributed by atoms with E-state index in [1.807, 2.05) is 30.3 Å². The van der Waals surface area contributed by atoms with Gasteiger partial charge >= 0.3 is 6.09 Å². The van der Waals surface area contributed by atoms with E-state index in [-0.39, 0.29) is 12.5 Å². The average molecular weight is 348 g/mol. The van der Waals surface area contributed by atoms with Gasteiger partial charge in [0.15, 0.2) is 0 Å². The Morgan fingerprint density at radius 1 is 1.20 bits per heavy atom. The summed E-state index contributed by atoms with van der Waals surface area (Å²) in [5.74, 6) is 0.187. The highest BCUT2D eigenvalue weighted by Gasteiger charge is 2.28. The van der Waals surface area contributed by atoms with Crippen molar-refractivity contribution in [1.82, 2.24) is 10.4 Å². The second-order valence-corrected chi connectivity index (χ2v) is 6.52. The number of ether oxygens (including phenoxy) is 1. The number of hydrogen-bond acceptors (Lipinski definition) is 4. The number of carbonyl (C=O) groups excluding carboxylic acids is 2. The molecule has 0 radical (unpaired) electrons. The molecule has 1 atom stereocenters. The Kier molecular flexibility index (Phi) is 7.73. The first-order valence-electron chi connectivity index (χ1n) is 8.89. The van der Waals surface area contributed by atoms with Gasteiger partial charge in [-0.25, -0.2) is 9.86 Å². The van der Waals surface area contributed by atoms with Gasteiger partial charge < -0.3 is 10.1 Å². The Morgan fingerprint density at radius 2 is 1.88 bits per heavy atom. The molecule has 2 rings (SSSR count). The van der Waals surface area contributed by atoms with Gasteiger partial charge in [-0.1, -0.05) is 62.4 Å². The number of amides is 2. The van der Waals surface area contributed by atoms with Crippen LogP contribution in [0.5, 0.6) is 0 Å². The monoisotopic (exact) mass is 348 g/mol. The Labute approximate surface area is 149 Å². The van der Waals surface area contributed by atoms with E-state index in [2.05, 4.69) is 5.32 Å². The zero-order valence-corrected chi connectivity index (χ0v) is 15.1. The van der Waals surface area contributed by atoms with Crippen LogP contribution in [0.25, 0.3) is 0 Å². The summed E-state index contributed by atoms with van der Waals surface area (Å²) in [4.78, 5) is 29.6. The van der Waals surface area contributed by atoms with Crippen LogP contribution in [0.4, 0.5) is 4.79 Å². The molecular weight excluding hydrogens is 320 g/mol. The third-order valence-electron chi connectivity index (χ3n) is 4.68. The lowest BCUT2D eigenvalue weighted by Gasteiger charge is -2.28. The summed E-state index contributed by atoms with van der Waals surface area (Å²) in [5, 5.41) is 3.87. The maximum Gasteiger partial charge on any atom is 0.408 e. The van der Waals surface area contributed by atoms with Crippen LogP contribution in [0.15, 0.2) is 30.3 Å². The summed E-state index contributed by atoms with van der Waals surface area (Å²) in [6.45, 7) is 0.178. The van der Waals surface area contributed by atoms with Crippen molar-refractivity contribution in [2.24, 2.45) is 5.92 Å². The van der Waals surface area contributed by atoms with Crippen molar-refractivity contribution in [3.63, 3.8) is 0 Å². The molecular formula is C19H28N2O4. The number of likely N-dealkylation sites (N-methyl/N-ethyl adjacent to an activating group) is 1. The molecule has 1 aliphatic rings. The zero-order chi connectivity index (χ0) is 18.1. The second kappa shape index (κ2) is 10.0. The predicted molar refractivity (Wildman–Crippen MR) is 94.5 cm³/mol. The predicted octanol–water partition coefficient (Wildman–Crippen LogP) is 3.27. The molecule has 6 nitrogen and oxygen atoms in total. The Bertz CT molecular complexity index is 544. The van der Waals surface area contributed by atoms with Crippen LogP contribution in [-0.4, -0.2) is 37.3 Å². The molecule has 0 aliphatic heterocycles. The molecule has 1 fully saturated rings. The van der Waals surface area contributed by atoms with Crippen molar-refractivity contribution >= 4 is 12.0 Å². The van der Waals surface area contributed by atoms with Gasteiger partial charge in [-0.2, -0.15) is 0 Å². The number of nitrogens with one attached hydrogen (secondary N) is 1. The molecule has 0 heterocycles. The standard InChI is InChI=1S/C19H28N2O4/c1-21(24-2)18(22)17(13-15-9-5-3-6-10-15)20-19(23)25-14-16-11-7-4-8-12-16/h4,7-8,11-12,15,17H,3,5-6,9-10,13-14H2,1-2H3,(H,20,23). The summed E-state index contributed by atoms with van der Waals surface area (Å²) in [7, 11) is 2.98. The number of hydrogen-bond donors (Lipinski definition) is 1. The van der Waals surface area contributed by atoms with Gasteiger partial charge in [-0.15, -0.1) is 0 Å². The largest absolute Gasteiger partial charge is 0.445 e. The summed E-state index contributed by atoms with van der Waals surface area (Å²) < 4.78 is 5.25. The van der Waals surface area contributed by atoms with Crippen LogP contribution in [0.2, 0.25) is 0 Å². The van der Waals surface area contributed by atoms with E-state index in [0.29, 0.717) is 12.3 Å². The van der Waals surface area contributed by atoms with Gasteiger partial charge in [-0.05, 0) is 17.9 Å². The Morgan fingerprint density at radius 3 is 2.52 bits per heavy atom. The van der Waals surface area contributed by atoms with E-state index in [4.69, 9.17) is 9.57 Å². The fourth-order valence-corrected chi connectivity index (χ4v) is 3.19. The molecule has 0 bridgehead atoms. The molecule has 1 aliphatic carbocycles. The van der Waals surface area contributed by atoms with E-state index in [1.165, 1.54) is 26.4 Å². The highest BCUT2D eigenvalue weighted by molar-refractivity contribution is 5.84. The molecule has 1 aromatic carbocycles. The quantitative estimate of drug-likeness (QED) is 0.768. The SMILES string of the molecule is CON(C)C(=O)C(CC1CCCCC1)NC(=O)OCc1ccccc1. The third-order valence-corrected chi connectivity index (χ3v) is 4.68. The molecule has 1 aromatic rings. The fourth-order valence-electron chi connectivity index (χ4n) is 3.19. The summed E-state index contributed by atoms with van der Waals surface area (Å²) >= 11 is 0. The van der Waals surface area contributed by atoms with Gasteiger partial charge in [0, 0.05) is 7.05 Å². The number of benzene rings is 1. The van der Waals surface area contributed by atoms with Gasteiger partial charge in [0.25, 0.3) is 5.91 Å². The minimum absolute atomic E-state index is 0.178. The van der Waals surface area contributed by atoms with Crippen LogP contribution in [0.3, 0.4) is 0 Å². The van der Waals surface area contributed by atoms with Crippen molar-refractivity contribution in [2.75, 3.05) is 14.2 Å². The maximum absolute atomic E-state index is 12.5. The van der Waals surface area contributed by atoms with Crippen LogP contribution in [0, 0.1) is 5.92 Å². The highest BCUT2D eigenvalue weighted by Crippen LogP contribution is 2.27. The number of hydroxylamine groups is 2. The van der Waals surface area contributed by atoms with E-state index in [9.17, 15) is 9.59 Å². The molecule has 1 unspecified atom stereocenters. The smallest absolute Gasteiger partial charge is 0.408 e. The van der Waals surface area contributed by atoms with Crippen molar-refractivity contribution < 1.29 is 19.2 Å². The lowest BCUT2D eigenvalue weighted by molar-refractivity contribution is -0.171. The first-order chi connectivity index (χ1) is 12.1. The number of rotatable bonds is 7. The van der Waals surface area contributed by atoms with E-state index in [1.54, 1.807) is 7.05 Å². The Balaban J connectivity index is 1.91. The highest BCUT2D eigenvalue weighted by atomic mass is 16.7. The molecule has 0 aromatic heterocycles. The average Bonchev–Trinajstić information content (AvgIpc) is 2.66. The fraction of sp³-hybridized carbons (Fsp3) is 0.579. The minimum Gasteiger partial charge on any atom is -0.445 e. The molecule has 2 amide bonds. The molecule has 1 saturated carbocycles. The van der Waals surface area contributed by atoms with Gasteiger partial charge in [0.05, 0.1) is 7.11 Å². The molecule has 0 spiro atoms. The van der Waals surface area contributed by atoms with E-state index in [0.717, 1.165) is 23.5 Å². The third kappa shape index (κ3) is 6.38. The van der Waals surface area contributed by atoms with E-state index >= 15 is 0 Å². The van der Waals surface area contributed by atoms with Crippen molar-refractivity contribution in [3.8, 4) is 0 Å². The minimum atomic E-state index is -0.628.